The highest BCUT2D eigenvalue weighted by Crippen LogP contribution is 2.58. The molecule has 5 heteroatoms. The average Bonchev–Trinajstić information content (AvgIpc) is 1.61. The Bertz CT molecular complexity index is 4890. The Labute approximate surface area is 518 Å². The van der Waals surface area contributed by atoms with E-state index in [0.717, 1.165) is 77.5 Å². The predicted molar refractivity (Wildman–Crippen MR) is 371 cm³/mol. The van der Waals surface area contributed by atoms with Crippen LogP contribution in [0.15, 0.2) is 274 Å². The second-order valence-electron chi connectivity index (χ2n) is 24.6. The van der Waals surface area contributed by atoms with Crippen LogP contribution in [0.4, 0.5) is 22.7 Å². The lowest BCUT2D eigenvalue weighted by atomic mass is 9.82. The van der Waals surface area contributed by atoms with Crippen molar-refractivity contribution in [2.45, 2.75) is 65.2 Å². The number of fused-ring (bicyclic) bond motifs is 15. The number of anilines is 4. The van der Waals surface area contributed by atoms with Crippen molar-refractivity contribution in [2.24, 2.45) is 0 Å². The molecule has 3 aliphatic rings. The molecule has 2 N–H and O–H groups in total. The summed E-state index contributed by atoms with van der Waals surface area (Å²) in [4.78, 5) is 2.51. The summed E-state index contributed by atoms with van der Waals surface area (Å²) in [5.74, 6) is 0. The molecule has 0 unspecified atom stereocenters. The number of rotatable bonds is 5. The summed E-state index contributed by atoms with van der Waals surface area (Å²) >= 11 is 3.67. The maximum absolute atomic E-state index is 6.45. The zero-order valence-electron chi connectivity index (χ0n) is 49.0. The predicted octanol–water partition coefficient (Wildman–Crippen LogP) is 23.6. The molecule has 87 heavy (non-hydrogen) atoms. The summed E-state index contributed by atoms with van der Waals surface area (Å²) in [5, 5.41) is 4.59. The Kier molecular flexibility index (Phi) is 13.4. The van der Waals surface area contributed by atoms with Gasteiger partial charge >= 0.3 is 0 Å². The molecule has 17 rings (SSSR count). The third kappa shape index (κ3) is 8.76. The minimum Gasteiger partial charge on any atom is -0.455 e. The third-order valence-corrected chi connectivity index (χ3v) is 19.3. The van der Waals surface area contributed by atoms with Gasteiger partial charge in [0.05, 0.1) is 11.4 Å². The van der Waals surface area contributed by atoms with Crippen LogP contribution in [0.1, 0.15) is 82.3 Å². The molecule has 2 heterocycles. The second kappa shape index (κ2) is 21.1. The van der Waals surface area contributed by atoms with Gasteiger partial charge in [-0.15, -0.1) is 0 Å². The van der Waals surface area contributed by atoms with Gasteiger partial charge in [0.15, 0.2) is 0 Å². The van der Waals surface area contributed by atoms with Crippen LogP contribution in [-0.2, 0) is 16.2 Å². The third-order valence-electron chi connectivity index (χ3n) is 18.7. The zero-order valence-corrected chi connectivity index (χ0v) is 50.6. The van der Waals surface area contributed by atoms with Gasteiger partial charge in [0.25, 0.3) is 0 Å². The van der Waals surface area contributed by atoms with Crippen LogP contribution in [0.2, 0.25) is 0 Å². The van der Waals surface area contributed by atoms with Gasteiger partial charge in [0.2, 0.25) is 0 Å². The maximum atomic E-state index is 6.45. The first kappa shape index (κ1) is 55.2. The number of benzene rings is 12. The van der Waals surface area contributed by atoms with E-state index in [1.165, 1.54) is 82.6 Å². The fourth-order valence-corrected chi connectivity index (χ4v) is 14.9. The quantitative estimate of drug-likeness (QED) is 0.175. The van der Waals surface area contributed by atoms with Crippen LogP contribution >= 0.6 is 15.9 Å². The fraction of sp³-hybridized carbons (Fsp3) is 0.122. The highest BCUT2D eigenvalue weighted by Gasteiger charge is 2.41. The molecule has 0 atom stereocenters. The summed E-state index contributed by atoms with van der Waals surface area (Å²) < 4.78 is 13.7. The molecule has 4 nitrogen and oxygen atoms in total. The first-order chi connectivity index (χ1) is 41.8. The van der Waals surface area contributed by atoms with E-state index in [0.29, 0.717) is 0 Å². The Balaban J connectivity index is 0.000000146. The lowest BCUT2D eigenvalue weighted by Gasteiger charge is -2.31. The van der Waals surface area contributed by atoms with Crippen molar-refractivity contribution in [1.29, 1.82) is 0 Å². The topological polar surface area (TPSA) is 55.5 Å². The second-order valence-corrected chi connectivity index (χ2v) is 25.5. The lowest BCUT2D eigenvalue weighted by Crippen LogP contribution is -2.17. The van der Waals surface area contributed by atoms with Crippen molar-refractivity contribution in [2.75, 3.05) is 10.6 Å². The van der Waals surface area contributed by atoms with E-state index in [-0.39, 0.29) is 23.7 Å². The van der Waals surface area contributed by atoms with Gasteiger partial charge in [-0.05, 0) is 116 Å². The molecule has 0 amide bonds. The van der Waals surface area contributed by atoms with Crippen molar-refractivity contribution in [1.82, 2.24) is 0 Å². The Hall–Kier alpha value is -9.68. The zero-order chi connectivity index (χ0) is 58.6. The maximum Gasteiger partial charge on any atom is 0.143 e. The molecule has 3 aliphatic carbocycles. The molecule has 2 aromatic heterocycles. The number of hydrogen-bond donors (Lipinski definition) is 1. The molecular weight excluding hydrogens is 1120 g/mol. The SMILES string of the molecule is C.CC1(C)c2ccccc2-c2c(Br)cccc21.CC1(C)c2ccccc2-c2c(N(c3ccc(-c4cccc5c4oc4ccccc45)cc3)c3cccc4c3-c3ccccc3C4(C)C)cccc21.Nc1ccc(-c2cccc3c2oc2ccccc23)cc1. The number of furan rings is 2. The first-order valence-electron chi connectivity index (χ1n) is 29.7. The molecule has 0 spiro atoms. The monoisotopic (exact) mass is 1190 g/mol. The van der Waals surface area contributed by atoms with Crippen LogP contribution < -0.4 is 10.6 Å². The molecule has 0 bridgehead atoms. The molecular formula is C82H67BrN2O2. The summed E-state index contributed by atoms with van der Waals surface area (Å²) in [5.41, 5.74) is 34.4. The normalized spacial score (nSPS) is 13.9. The number of hydrogen-bond acceptors (Lipinski definition) is 4. The molecule has 0 fully saturated rings. The summed E-state index contributed by atoms with van der Waals surface area (Å²) in [6.07, 6.45) is 0. The van der Waals surface area contributed by atoms with Crippen molar-refractivity contribution >= 4 is 82.6 Å². The van der Waals surface area contributed by atoms with Crippen LogP contribution in [0.3, 0.4) is 0 Å². The Morgan fingerprint density at radius 1 is 0.322 bits per heavy atom. The van der Waals surface area contributed by atoms with Gasteiger partial charge < -0.3 is 19.5 Å². The van der Waals surface area contributed by atoms with Crippen LogP contribution in [-0.4, -0.2) is 0 Å². The van der Waals surface area contributed by atoms with E-state index >= 15 is 0 Å². The molecule has 12 aromatic carbocycles. The van der Waals surface area contributed by atoms with Crippen molar-refractivity contribution in [3.8, 4) is 55.6 Å². The smallest absolute Gasteiger partial charge is 0.143 e. The molecule has 14 aromatic rings. The van der Waals surface area contributed by atoms with Crippen molar-refractivity contribution in [3.63, 3.8) is 0 Å². The first-order valence-corrected chi connectivity index (χ1v) is 30.5. The summed E-state index contributed by atoms with van der Waals surface area (Å²) in [6, 6.07) is 92.9. The molecule has 0 saturated heterocycles. The fourth-order valence-electron chi connectivity index (χ4n) is 14.4. The highest BCUT2D eigenvalue weighted by atomic mass is 79.9. The standard InChI is InChI=1S/C48H37NO.C18H13NO.C15H13Br.CH4/c1-47(2)37-19-8-5-15-35(37)44-39(47)21-12-23-41(44)49(42-24-13-22-40-45(42)36-16-6-9-20-38(36)48(40,3)4)31-28-26-30(27-29-31)32-17-11-18-34-33-14-7-10-25-43(33)50-46(32)34;19-13-10-8-12(9-11-13)14-5-3-6-16-15-4-1-2-7-17(15)20-18(14)16;1-15(2)11-7-4-3-6-10(11)14-12(15)8-5-9-13(14)16;/h5-29H,1-4H3;1-11H,19H2;3-9H,1-2H3;1H4. The van der Waals surface area contributed by atoms with Gasteiger partial charge in [0, 0.05) is 81.5 Å². The van der Waals surface area contributed by atoms with Gasteiger partial charge in [-0.25, -0.2) is 0 Å². The van der Waals surface area contributed by atoms with E-state index in [1.807, 2.05) is 48.5 Å². The van der Waals surface area contributed by atoms with Crippen LogP contribution in [0, 0.1) is 0 Å². The van der Waals surface area contributed by atoms with Crippen LogP contribution in [0.25, 0.3) is 99.5 Å². The van der Waals surface area contributed by atoms with Crippen molar-refractivity contribution in [3.05, 3.63) is 299 Å². The molecule has 0 aliphatic heterocycles. The Morgan fingerprint density at radius 2 is 0.655 bits per heavy atom. The van der Waals surface area contributed by atoms with E-state index in [2.05, 4.69) is 275 Å². The summed E-state index contributed by atoms with van der Waals surface area (Å²) in [6.45, 7) is 14.0. The number of nitrogen functional groups attached to an aromatic ring is 1. The van der Waals surface area contributed by atoms with Gasteiger partial charge in [-0.1, -0.05) is 271 Å². The average molecular weight is 1190 g/mol. The summed E-state index contributed by atoms with van der Waals surface area (Å²) in [7, 11) is 0. The highest BCUT2D eigenvalue weighted by molar-refractivity contribution is 9.10. The van der Waals surface area contributed by atoms with E-state index < -0.39 is 0 Å². The number of nitrogens with zero attached hydrogens (tertiary/aromatic N) is 1. The number of halogens is 1. The Morgan fingerprint density at radius 3 is 1.11 bits per heavy atom. The minimum atomic E-state index is -0.101. The molecule has 0 radical (unpaired) electrons. The number of nitrogens with two attached hydrogens (primary N) is 1. The molecule has 0 saturated carbocycles. The minimum absolute atomic E-state index is 0. The van der Waals surface area contributed by atoms with E-state index in [9.17, 15) is 0 Å². The van der Waals surface area contributed by atoms with E-state index in [1.54, 1.807) is 0 Å². The molecule has 424 valence electrons. The lowest BCUT2D eigenvalue weighted by molar-refractivity contribution is 0.660. The van der Waals surface area contributed by atoms with Gasteiger partial charge in [0.1, 0.15) is 22.3 Å². The van der Waals surface area contributed by atoms with E-state index in [4.69, 9.17) is 14.6 Å². The van der Waals surface area contributed by atoms with Crippen molar-refractivity contribution < 1.29 is 8.83 Å². The number of para-hydroxylation sites is 4. The largest absolute Gasteiger partial charge is 0.455 e. The van der Waals surface area contributed by atoms with Crippen LogP contribution in [0.5, 0.6) is 0 Å². The van der Waals surface area contributed by atoms with Gasteiger partial charge in [-0.3, -0.25) is 0 Å². The van der Waals surface area contributed by atoms with Gasteiger partial charge in [-0.2, -0.15) is 0 Å².